The molecule has 6 heteroatoms. The molecule has 2 aliphatic rings. The predicted molar refractivity (Wildman–Crippen MR) is 104 cm³/mol. The van der Waals surface area contributed by atoms with Crippen molar-refractivity contribution in [1.29, 1.82) is 0 Å². The van der Waals surface area contributed by atoms with Crippen molar-refractivity contribution in [3.63, 3.8) is 0 Å². The summed E-state index contributed by atoms with van der Waals surface area (Å²) < 4.78 is 0. The van der Waals surface area contributed by atoms with Gasteiger partial charge >= 0.3 is 5.97 Å². The van der Waals surface area contributed by atoms with E-state index in [-0.39, 0.29) is 11.7 Å². The molecular formula is C21H27N3O3. The maximum absolute atomic E-state index is 12.7. The van der Waals surface area contributed by atoms with Crippen LogP contribution in [0.5, 0.6) is 0 Å². The summed E-state index contributed by atoms with van der Waals surface area (Å²) in [6.45, 7) is 2.68. The molecular weight excluding hydrogens is 342 g/mol. The number of piperidine rings is 1. The third kappa shape index (κ3) is 3.58. The molecule has 0 bridgehead atoms. The lowest BCUT2D eigenvalue weighted by molar-refractivity contribution is -0.137. The fraction of sp³-hybridized carbons (Fsp3) is 0.524. The minimum Gasteiger partial charge on any atom is -0.477 e. The molecule has 27 heavy (non-hydrogen) atoms. The van der Waals surface area contributed by atoms with Crippen LogP contribution in [0.4, 0.5) is 0 Å². The zero-order chi connectivity index (χ0) is 19.0. The van der Waals surface area contributed by atoms with Gasteiger partial charge in [-0.2, -0.15) is 0 Å². The molecule has 4 rings (SSSR count). The summed E-state index contributed by atoms with van der Waals surface area (Å²) in [4.78, 5) is 31.2. The lowest BCUT2D eigenvalue weighted by Crippen LogP contribution is -2.47. The van der Waals surface area contributed by atoms with Crippen LogP contribution in [-0.2, 0) is 11.2 Å². The van der Waals surface area contributed by atoms with Gasteiger partial charge in [-0.15, -0.1) is 0 Å². The average Bonchev–Trinajstić information content (AvgIpc) is 3.28. The van der Waals surface area contributed by atoms with E-state index in [1.165, 1.54) is 5.56 Å². The van der Waals surface area contributed by atoms with Crippen LogP contribution in [0.1, 0.15) is 41.7 Å². The first-order valence-electron chi connectivity index (χ1n) is 9.86. The number of carbonyl (C=O) groups excluding carboxylic acids is 1. The minimum absolute atomic E-state index is 0.0728. The van der Waals surface area contributed by atoms with E-state index in [1.54, 1.807) is 6.07 Å². The molecule has 0 aliphatic carbocycles. The van der Waals surface area contributed by atoms with Gasteiger partial charge in [-0.1, -0.05) is 18.2 Å². The molecule has 2 N–H and O–H groups in total. The third-order valence-electron chi connectivity index (χ3n) is 6.21. The number of carboxylic acids is 1. The van der Waals surface area contributed by atoms with Crippen LogP contribution in [0.25, 0.3) is 10.9 Å². The van der Waals surface area contributed by atoms with Crippen molar-refractivity contribution in [2.75, 3.05) is 26.7 Å². The Balaban J connectivity index is 1.40. The van der Waals surface area contributed by atoms with Crippen LogP contribution in [0.15, 0.2) is 24.3 Å². The van der Waals surface area contributed by atoms with E-state index in [2.05, 4.69) is 16.0 Å². The average molecular weight is 369 g/mol. The minimum atomic E-state index is -0.930. The van der Waals surface area contributed by atoms with E-state index in [9.17, 15) is 14.7 Å². The molecule has 1 aromatic carbocycles. The lowest BCUT2D eigenvalue weighted by atomic mass is 9.89. The normalized spacial score (nSPS) is 21.8. The molecule has 2 saturated heterocycles. The van der Waals surface area contributed by atoms with Gasteiger partial charge in [0.15, 0.2) is 0 Å². The van der Waals surface area contributed by atoms with Crippen molar-refractivity contribution in [3.05, 3.63) is 35.5 Å². The Morgan fingerprint density at radius 3 is 2.63 bits per heavy atom. The summed E-state index contributed by atoms with van der Waals surface area (Å²) in [5.74, 6) is -0.107. The first kappa shape index (κ1) is 18.0. The van der Waals surface area contributed by atoms with E-state index < -0.39 is 5.97 Å². The van der Waals surface area contributed by atoms with Crippen LogP contribution < -0.4 is 0 Å². The Hall–Kier alpha value is -2.34. The molecule has 0 saturated carbocycles. The van der Waals surface area contributed by atoms with Gasteiger partial charge in [-0.05, 0) is 63.2 Å². The fourth-order valence-electron chi connectivity index (χ4n) is 4.61. The second kappa shape index (κ2) is 7.35. The summed E-state index contributed by atoms with van der Waals surface area (Å²) >= 11 is 0. The van der Waals surface area contributed by atoms with E-state index in [0.29, 0.717) is 11.8 Å². The van der Waals surface area contributed by atoms with Crippen LogP contribution in [-0.4, -0.2) is 64.5 Å². The van der Waals surface area contributed by atoms with Gasteiger partial charge in [0.1, 0.15) is 5.69 Å². The van der Waals surface area contributed by atoms with Gasteiger partial charge in [0, 0.05) is 24.0 Å². The second-order valence-electron chi connectivity index (χ2n) is 7.98. The predicted octanol–water partition coefficient (Wildman–Crippen LogP) is 2.74. The number of nitrogens with zero attached hydrogens (tertiary/aromatic N) is 2. The second-order valence-corrected chi connectivity index (χ2v) is 7.98. The molecule has 144 valence electrons. The highest BCUT2D eigenvalue weighted by Crippen LogP contribution is 2.28. The number of carboxylic acid groups (broad SMARTS) is 1. The highest BCUT2D eigenvalue weighted by molar-refractivity contribution is 5.94. The molecule has 6 nitrogen and oxygen atoms in total. The van der Waals surface area contributed by atoms with Crippen LogP contribution in [0, 0.1) is 5.92 Å². The Kier molecular flexibility index (Phi) is 4.91. The van der Waals surface area contributed by atoms with Gasteiger partial charge in [-0.3, -0.25) is 9.69 Å². The van der Waals surface area contributed by atoms with Gasteiger partial charge in [0.05, 0.1) is 6.04 Å². The standard InChI is InChI=1S/C21H27N3O3/c1-23-9-3-6-18(23)20(25)24-10-7-14(8-11-24)12-15-4-2-5-16-13-17(21(26)27)22-19(15)16/h2,4-5,13-14,18,22H,3,6-12H2,1H3,(H,26,27). The lowest BCUT2D eigenvalue weighted by Gasteiger charge is -2.35. The number of hydrogen-bond acceptors (Lipinski definition) is 3. The smallest absolute Gasteiger partial charge is 0.352 e. The third-order valence-corrected chi connectivity index (χ3v) is 6.21. The summed E-state index contributed by atoms with van der Waals surface area (Å²) in [5, 5.41) is 10.2. The first-order chi connectivity index (χ1) is 13.0. The fourth-order valence-corrected chi connectivity index (χ4v) is 4.61. The van der Waals surface area contributed by atoms with Crippen molar-refractivity contribution in [1.82, 2.24) is 14.8 Å². The number of benzene rings is 1. The summed E-state index contributed by atoms with van der Waals surface area (Å²) in [7, 11) is 2.05. The Morgan fingerprint density at radius 1 is 1.19 bits per heavy atom. The summed E-state index contributed by atoms with van der Waals surface area (Å²) in [6.07, 6.45) is 5.02. The van der Waals surface area contributed by atoms with Gasteiger partial charge in [0.2, 0.25) is 5.91 Å². The number of para-hydroxylation sites is 1. The zero-order valence-corrected chi connectivity index (χ0v) is 15.8. The summed E-state index contributed by atoms with van der Waals surface area (Å²) in [5.41, 5.74) is 2.33. The molecule has 0 radical (unpaired) electrons. The highest BCUT2D eigenvalue weighted by atomic mass is 16.4. The molecule has 1 unspecified atom stereocenters. The number of likely N-dealkylation sites (tertiary alicyclic amines) is 2. The number of H-pyrrole nitrogens is 1. The molecule has 3 heterocycles. The number of carbonyl (C=O) groups is 2. The Labute approximate surface area is 159 Å². The number of aromatic amines is 1. The summed E-state index contributed by atoms with van der Waals surface area (Å²) in [6, 6.07) is 7.78. The highest BCUT2D eigenvalue weighted by Gasteiger charge is 2.33. The number of likely N-dealkylation sites (N-methyl/N-ethyl adjacent to an activating group) is 1. The monoisotopic (exact) mass is 369 g/mol. The number of amides is 1. The van der Waals surface area contributed by atoms with Crippen molar-refractivity contribution in [2.24, 2.45) is 5.92 Å². The maximum atomic E-state index is 12.7. The SMILES string of the molecule is CN1CCCC1C(=O)N1CCC(Cc2cccc3cc(C(=O)O)[nH]c23)CC1. The van der Waals surface area contributed by atoms with Gasteiger partial charge < -0.3 is 15.0 Å². The van der Waals surface area contributed by atoms with E-state index in [0.717, 1.165) is 62.6 Å². The molecule has 1 amide bonds. The largest absolute Gasteiger partial charge is 0.477 e. The Bertz CT molecular complexity index is 851. The number of aromatic carboxylic acids is 1. The number of hydrogen-bond donors (Lipinski definition) is 2. The molecule has 2 fully saturated rings. The van der Waals surface area contributed by atoms with Crippen LogP contribution in [0.3, 0.4) is 0 Å². The van der Waals surface area contributed by atoms with Gasteiger partial charge in [-0.25, -0.2) is 4.79 Å². The van der Waals surface area contributed by atoms with Crippen molar-refractivity contribution < 1.29 is 14.7 Å². The number of rotatable bonds is 4. The van der Waals surface area contributed by atoms with E-state index in [1.807, 2.05) is 24.1 Å². The quantitative estimate of drug-likeness (QED) is 0.869. The number of aromatic nitrogens is 1. The molecule has 1 aromatic heterocycles. The topological polar surface area (TPSA) is 76.6 Å². The molecule has 1 atom stereocenters. The van der Waals surface area contributed by atoms with Crippen LogP contribution in [0.2, 0.25) is 0 Å². The van der Waals surface area contributed by atoms with Crippen LogP contribution >= 0.6 is 0 Å². The van der Waals surface area contributed by atoms with Crippen molar-refractivity contribution >= 4 is 22.8 Å². The molecule has 0 spiro atoms. The van der Waals surface area contributed by atoms with E-state index in [4.69, 9.17) is 0 Å². The number of fused-ring (bicyclic) bond motifs is 1. The van der Waals surface area contributed by atoms with Gasteiger partial charge in [0.25, 0.3) is 0 Å². The van der Waals surface area contributed by atoms with Crippen molar-refractivity contribution in [2.45, 2.75) is 38.1 Å². The van der Waals surface area contributed by atoms with Crippen molar-refractivity contribution in [3.8, 4) is 0 Å². The Morgan fingerprint density at radius 2 is 1.96 bits per heavy atom. The number of nitrogens with one attached hydrogen (secondary N) is 1. The maximum Gasteiger partial charge on any atom is 0.352 e. The molecule has 2 aliphatic heterocycles. The zero-order valence-electron chi connectivity index (χ0n) is 15.8. The molecule has 2 aromatic rings. The van der Waals surface area contributed by atoms with E-state index >= 15 is 0 Å². The first-order valence-corrected chi connectivity index (χ1v) is 9.86.